The zero-order chi connectivity index (χ0) is 30.3. The van der Waals surface area contributed by atoms with Gasteiger partial charge >= 0.3 is 7.82 Å². The van der Waals surface area contributed by atoms with E-state index in [2.05, 4.69) is 4.90 Å². The molecule has 1 atom stereocenters. The number of rotatable bonds is 11. The molecule has 2 heterocycles. The number of benzene rings is 3. The van der Waals surface area contributed by atoms with Crippen molar-refractivity contribution in [3.05, 3.63) is 82.0 Å². The maximum Gasteiger partial charge on any atom is 0.524 e. The highest BCUT2D eigenvalue weighted by Gasteiger charge is 2.28. The molecule has 1 aliphatic carbocycles. The highest BCUT2D eigenvalue weighted by molar-refractivity contribution is 7.46. The fourth-order valence-electron chi connectivity index (χ4n) is 5.65. The molecule has 1 aliphatic heterocycles. The normalized spacial score (nSPS) is 17.4. The second-order valence-electron chi connectivity index (χ2n) is 11.4. The summed E-state index contributed by atoms with van der Waals surface area (Å²) in [6.07, 6.45) is 5.15. The Morgan fingerprint density at radius 3 is 2.35 bits per heavy atom. The van der Waals surface area contributed by atoms with Crippen molar-refractivity contribution in [2.24, 2.45) is 5.92 Å². The number of hydrogen-bond donors (Lipinski definition) is 2. The number of hydrogen-bond acceptors (Lipinski definition) is 7. The van der Waals surface area contributed by atoms with E-state index >= 15 is 0 Å². The summed E-state index contributed by atoms with van der Waals surface area (Å²) >= 11 is 1.11. The predicted octanol–water partition coefficient (Wildman–Crippen LogP) is 7.41. The molecule has 226 valence electrons. The van der Waals surface area contributed by atoms with Crippen LogP contribution in [0.2, 0.25) is 0 Å². The van der Waals surface area contributed by atoms with Crippen LogP contribution in [-0.2, 0) is 4.57 Å². The van der Waals surface area contributed by atoms with Gasteiger partial charge in [0.05, 0.1) is 0 Å². The lowest BCUT2D eigenvalue weighted by Gasteiger charge is -2.17. The first kappa shape index (κ1) is 29.8. The Labute approximate surface area is 253 Å². The van der Waals surface area contributed by atoms with Gasteiger partial charge in [0.15, 0.2) is 5.75 Å². The lowest BCUT2D eigenvalue weighted by atomic mass is 9.97. The molecule has 2 N–H and O–H groups in total. The lowest BCUT2D eigenvalue weighted by Crippen LogP contribution is -2.26. The highest BCUT2D eigenvalue weighted by atomic mass is 32.1. The van der Waals surface area contributed by atoms with E-state index in [0.29, 0.717) is 38.3 Å². The zero-order valence-corrected chi connectivity index (χ0v) is 25.6. The summed E-state index contributed by atoms with van der Waals surface area (Å²) in [5.74, 6) is 1.64. The van der Waals surface area contributed by atoms with Gasteiger partial charge < -0.3 is 14.0 Å². The molecule has 2 fully saturated rings. The van der Waals surface area contributed by atoms with Crippen LogP contribution >= 0.6 is 19.2 Å². The van der Waals surface area contributed by atoms with Crippen LogP contribution in [0, 0.1) is 25.6 Å². The van der Waals surface area contributed by atoms with Gasteiger partial charge in [0.1, 0.15) is 34.0 Å². The van der Waals surface area contributed by atoms with Gasteiger partial charge in [-0.25, -0.2) is 8.96 Å². The van der Waals surface area contributed by atoms with Crippen LogP contribution in [0.5, 0.6) is 23.0 Å². The van der Waals surface area contributed by atoms with E-state index in [4.69, 9.17) is 14.0 Å². The molecular formula is C32H33FNO7PS. The number of ether oxygens (including phenoxy) is 2. The molecule has 1 saturated carbocycles. The number of halogens is 1. The third kappa shape index (κ3) is 7.11. The van der Waals surface area contributed by atoms with E-state index in [-0.39, 0.29) is 22.5 Å². The van der Waals surface area contributed by atoms with E-state index in [1.54, 1.807) is 32.0 Å². The average molecular weight is 626 g/mol. The second kappa shape index (κ2) is 12.0. The van der Waals surface area contributed by atoms with E-state index in [9.17, 15) is 23.5 Å². The SMILES string of the molecule is Cc1cc(F)cc(C)c1C(=O)c1sc2cc(OP(=O)(O)O)ccc2c1Oc1ccc(O[C@H]2CCN(CCC3CC3)C2)cc1. The predicted molar refractivity (Wildman–Crippen MR) is 163 cm³/mol. The van der Waals surface area contributed by atoms with Gasteiger partial charge in [-0.2, -0.15) is 0 Å². The van der Waals surface area contributed by atoms with E-state index in [1.807, 2.05) is 12.1 Å². The summed E-state index contributed by atoms with van der Waals surface area (Å²) < 4.78 is 43.3. The number of nitrogens with zero attached hydrogens (tertiary/aromatic N) is 1. The molecule has 3 aromatic carbocycles. The van der Waals surface area contributed by atoms with Crippen molar-refractivity contribution >= 4 is 35.0 Å². The van der Waals surface area contributed by atoms with Gasteiger partial charge in [0, 0.05) is 28.7 Å². The van der Waals surface area contributed by atoms with Gasteiger partial charge in [-0.1, -0.05) is 12.8 Å². The number of thiophene rings is 1. The van der Waals surface area contributed by atoms with Crippen LogP contribution < -0.4 is 14.0 Å². The van der Waals surface area contributed by atoms with Gasteiger partial charge in [-0.3, -0.25) is 19.5 Å². The molecule has 4 aromatic rings. The fraction of sp³-hybridized carbons (Fsp3) is 0.344. The topological polar surface area (TPSA) is 106 Å². The Hall–Kier alpha value is -3.27. The number of aryl methyl sites for hydroxylation is 2. The molecule has 11 heteroatoms. The Balaban J connectivity index is 1.25. The first-order valence-corrected chi connectivity index (χ1v) is 16.7. The average Bonchev–Trinajstić information content (AvgIpc) is 3.55. The molecule has 0 radical (unpaired) electrons. The second-order valence-corrected chi connectivity index (χ2v) is 13.6. The Kier molecular flexibility index (Phi) is 8.33. The van der Waals surface area contributed by atoms with Crippen LogP contribution in [0.3, 0.4) is 0 Å². The van der Waals surface area contributed by atoms with Crippen LogP contribution in [0.15, 0.2) is 54.6 Å². The molecular weight excluding hydrogens is 592 g/mol. The molecule has 43 heavy (non-hydrogen) atoms. The summed E-state index contributed by atoms with van der Waals surface area (Å²) in [5.41, 5.74) is 1.36. The maximum atomic E-state index is 14.0. The summed E-state index contributed by atoms with van der Waals surface area (Å²) in [6, 6.07) is 14.4. The number of likely N-dealkylation sites (tertiary alicyclic amines) is 1. The van der Waals surface area contributed by atoms with Crippen molar-refractivity contribution in [1.29, 1.82) is 0 Å². The van der Waals surface area contributed by atoms with Crippen LogP contribution in [0.4, 0.5) is 4.39 Å². The van der Waals surface area contributed by atoms with E-state index in [1.165, 1.54) is 43.5 Å². The fourth-order valence-corrected chi connectivity index (χ4v) is 7.14. The molecule has 6 rings (SSSR count). The van der Waals surface area contributed by atoms with Crippen molar-refractivity contribution in [3.8, 4) is 23.0 Å². The largest absolute Gasteiger partial charge is 0.524 e. The minimum Gasteiger partial charge on any atom is -0.489 e. The number of carbonyl (C=O) groups is 1. The standard InChI is InChI=1S/C32H33FNO7PS/c1-19-15-22(33)16-20(2)29(19)30(35)32-31(27-10-9-25(17-28(27)43-32)41-42(36,37)38)40-24-7-5-23(6-8-24)39-26-12-14-34(18-26)13-11-21-3-4-21/h5-10,15-17,21,26H,3-4,11-14,18H2,1-2H3,(H2,36,37,38)/t26-/m0/s1. The lowest BCUT2D eigenvalue weighted by molar-refractivity contribution is 0.103. The summed E-state index contributed by atoms with van der Waals surface area (Å²) in [5, 5.41) is 0.571. The molecule has 0 spiro atoms. The number of carbonyl (C=O) groups excluding carboxylic acids is 1. The number of fused-ring (bicyclic) bond motifs is 1. The molecule has 0 unspecified atom stereocenters. The van der Waals surface area contributed by atoms with E-state index < -0.39 is 13.6 Å². The van der Waals surface area contributed by atoms with Crippen molar-refractivity contribution in [1.82, 2.24) is 4.90 Å². The van der Waals surface area contributed by atoms with Crippen LogP contribution in [-0.4, -0.2) is 46.2 Å². The molecule has 0 bridgehead atoms. The molecule has 2 aliphatic rings. The van der Waals surface area contributed by atoms with Crippen molar-refractivity contribution < 1.29 is 37.5 Å². The third-order valence-corrected chi connectivity index (χ3v) is 9.48. The molecule has 8 nitrogen and oxygen atoms in total. The Bertz CT molecular complexity index is 1690. The number of phosphoric ester groups is 1. The van der Waals surface area contributed by atoms with Crippen LogP contribution in [0.25, 0.3) is 10.1 Å². The summed E-state index contributed by atoms with van der Waals surface area (Å²) in [6.45, 7) is 6.47. The zero-order valence-electron chi connectivity index (χ0n) is 23.9. The number of ketones is 1. The molecule has 0 amide bonds. The maximum absolute atomic E-state index is 14.0. The summed E-state index contributed by atoms with van der Waals surface area (Å²) in [7, 11) is -4.78. The minimum atomic E-state index is -4.78. The van der Waals surface area contributed by atoms with Crippen LogP contribution in [0.1, 0.15) is 52.0 Å². The minimum absolute atomic E-state index is 0.0405. The van der Waals surface area contributed by atoms with Crippen molar-refractivity contribution in [2.45, 2.75) is 45.6 Å². The Morgan fingerprint density at radius 2 is 1.67 bits per heavy atom. The summed E-state index contributed by atoms with van der Waals surface area (Å²) in [4.78, 5) is 35.2. The van der Waals surface area contributed by atoms with Gasteiger partial charge in [0.2, 0.25) is 5.78 Å². The van der Waals surface area contributed by atoms with Crippen molar-refractivity contribution in [3.63, 3.8) is 0 Å². The van der Waals surface area contributed by atoms with Crippen molar-refractivity contribution in [2.75, 3.05) is 19.6 Å². The molecule has 1 aromatic heterocycles. The van der Waals surface area contributed by atoms with E-state index in [0.717, 1.165) is 49.1 Å². The van der Waals surface area contributed by atoms with Gasteiger partial charge in [-0.05, 0) is 105 Å². The Morgan fingerprint density at radius 1 is 1.00 bits per heavy atom. The number of phosphoric acid groups is 1. The van der Waals surface area contributed by atoms with Gasteiger partial charge in [-0.15, -0.1) is 11.3 Å². The monoisotopic (exact) mass is 625 g/mol. The quantitative estimate of drug-likeness (QED) is 0.131. The first-order valence-electron chi connectivity index (χ1n) is 14.3. The molecule has 1 saturated heterocycles. The smallest absolute Gasteiger partial charge is 0.489 e. The third-order valence-electron chi connectivity index (χ3n) is 7.90. The van der Waals surface area contributed by atoms with Gasteiger partial charge in [0.25, 0.3) is 0 Å². The highest BCUT2D eigenvalue weighted by Crippen LogP contribution is 2.45. The first-order chi connectivity index (χ1) is 20.5.